The molecule has 0 N–H and O–H groups in total. The van der Waals surface area contributed by atoms with Gasteiger partial charge in [0.1, 0.15) is 5.58 Å². The van der Waals surface area contributed by atoms with Crippen LogP contribution in [0, 0.1) is 38.1 Å². The maximum Gasteiger partial charge on any atom is 0.121 e. The van der Waals surface area contributed by atoms with Crippen LogP contribution in [0.25, 0.3) is 66.0 Å². The van der Waals surface area contributed by atoms with E-state index in [1.807, 2.05) is 45.0 Å². The molecule has 1 radical (unpaired) electrons. The molecule has 5 aromatic carbocycles. The van der Waals surface area contributed by atoms with Crippen molar-refractivity contribution in [3.8, 4) is 22.5 Å². The molecule has 0 aliphatic rings. The number of nitrogens with zero attached hydrogens (tertiary/aromatic N) is 2. The predicted molar refractivity (Wildman–Crippen MR) is 197 cm³/mol. The molecule has 0 aliphatic carbocycles. The minimum Gasteiger partial charge on any atom is -0.501 e. The molecule has 0 fully saturated rings. The molecule has 0 saturated heterocycles. The van der Waals surface area contributed by atoms with Gasteiger partial charge in [0.15, 0.2) is 0 Å². The van der Waals surface area contributed by atoms with Crippen LogP contribution in [0.3, 0.4) is 0 Å². The standard InChI is InChI=1S/C27H18NO.C17H20N.Ir/c1-16-12-25(28-15-17(16)2)22-9-5-8-21-24-13-19-11-10-18-6-3-4-7-20(18)23(19)14-26(24)29-27(21)22;1-13-5-8-15(9-6-13)16-10-7-14(12-18-16)11-17(2,3)4;/h3-8,10-15H,1-2H3;5-8,10,12H,11H2,1-4H3;/q2*-1;/i1D3,2D3;1D3,11D2;. The zero-order valence-electron chi connectivity index (χ0n) is 37.5. The van der Waals surface area contributed by atoms with Crippen molar-refractivity contribution in [2.75, 3.05) is 0 Å². The van der Waals surface area contributed by atoms with Crippen molar-refractivity contribution in [1.29, 1.82) is 0 Å². The Bertz CT molecular complexity index is 2800. The van der Waals surface area contributed by atoms with E-state index >= 15 is 0 Å². The first kappa shape index (κ1) is 22.1. The fraction of sp³-hybridized carbons (Fsp3) is 0.182. The topological polar surface area (TPSA) is 38.9 Å². The van der Waals surface area contributed by atoms with E-state index in [4.69, 9.17) is 19.5 Å². The molecule has 8 rings (SSSR count). The van der Waals surface area contributed by atoms with E-state index in [1.54, 1.807) is 30.3 Å². The molecule has 0 saturated carbocycles. The van der Waals surface area contributed by atoms with Crippen LogP contribution >= 0.6 is 0 Å². The van der Waals surface area contributed by atoms with Gasteiger partial charge in [-0.15, -0.1) is 53.6 Å². The second kappa shape index (κ2) is 13.5. The summed E-state index contributed by atoms with van der Waals surface area (Å²) in [5.74, 6) is 0. The first-order valence-electron chi connectivity index (χ1n) is 20.7. The maximum absolute atomic E-state index is 8.25. The third-order valence-electron chi connectivity index (χ3n) is 7.83. The van der Waals surface area contributed by atoms with Gasteiger partial charge in [0, 0.05) is 53.0 Å². The quantitative estimate of drug-likeness (QED) is 0.132. The third kappa shape index (κ3) is 6.83. The number of fused-ring (bicyclic) bond motifs is 6. The summed E-state index contributed by atoms with van der Waals surface area (Å²) in [6.07, 6.45) is 1.17. The Morgan fingerprint density at radius 2 is 1.56 bits per heavy atom. The van der Waals surface area contributed by atoms with Crippen molar-refractivity contribution < 1.29 is 39.6 Å². The Morgan fingerprint density at radius 3 is 2.31 bits per heavy atom. The number of pyridine rings is 2. The smallest absolute Gasteiger partial charge is 0.121 e. The van der Waals surface area contributed by atoms with Crippen LogP contribution in [0.5, 0.6) is 0 Å². The van der Waals surface area contributed by atoms with E-state index in [0.717, 1.165) is 38.5 Å². The average Bonchev–Trinajstić information content (AvgIpc) is 3.53. The summed E-state index contributed by atoms with van der Waals surface area (Å²) in [5.41, 5.74) is 3.00. The molecular weight excluding hydrogens is 765 g/mol. The second-order valence-electron chi connectivity index (χ2n) is 12.5. The average molecular weight is 814 g/mol. The van der Waals surface area contributed by atoms with Gasteiger partial charge in [0.2, 0.25) is 0 Å². The molecule has 3 nitrogen and oxygen atoms in total. The maximum atomic E-state index is 8.25. The minimum absolute atomic E-state index is 0. The zero-order chi connectivity index (χ0) is 42.0. The normalized spacial score (nSPS) is 15.9. The van der Waals surface area contributed by atoms with Gasteiger partial charge < -0.3 is 14.4 Å². The van der Waals surface area contributed by atoms with E-state index in [0.29, 0.717) is 39.2 Å². The molecule has 3 heterocycles. The van der Waals surface area contributed by atoms with Crippen LogP contribution in [0.1, 0.15) is 58.1 Å². The Labute approximate surface area is 311 Å². The number of aryl methyl sites for hydroxylation is 3. The first-order valence-corrected chi connectivity index (χ1v) is 15.2. The van der Waals surface area contributed by atoms with Gasteiger partial charge in [-0.2, -0.15) is 0 Å². The predicted octanol–water partition coefficient (Wildman–Crippen LogP) is 11.8. The van der Waals surface area contributed by atoms with Gasteiger partial charge in [-0.05, 0) is 81.7 Å². The number of hydrogen-bond acceptors (Lipinski definition) is 3. The van der Waals surface area contributed by atoms with Crippen molar-refractivity contribution in [3.05, 3.63) is 144 Å². The molecule has 48 heavy (non-hydrogen) atoms. The Kier molecular flexibility index (Phi) is 6.20. The van der Waals surface area contributed by atoms with Crippen LogP contribution in [-0.4, -0.2) is 9.97 Å². The molecular formula is C44H38IrN2O-2. The number of hydrogen-bond donors (Lipinski definition) is 0. The SMILES string of the molecule is [2H]C([2H])([2H])c1c[c-]c(-c2ccc(C([2H])([2H])C(C)(C)C)cn2)cc1.[2H]C([2H])([2H])c1cnc(-c2[c-]ccc3c2oc2cc4c(ccc5ccccc54)cc23)cc1C([2H])([2H])[2H].[Ir]. The molecule has 241 valence electrons. The van der Waals surface area contributed by atoms with E-state index in [2.05, 4.69) is 52.4 Å². The van der Waals surface area contributed by atoms with Gasteiger partial charge in [-0.1, -0.05) is 98.7 Å². The summed E-state index contributed by atoms with van der Waals surface area (Å²) < 4.78 is 91.6. The van der Waals surface area contributed by atoms with Crippen molar-refractivity contribution in [2.24, 2.45) is 5.41 Å². The van der Waals surface area contributed by atoms with Gasteiger partial charge in [0.05, 0.1) is 5.58 Å². The summed E-state index contributed by atoms with van der Waals surface area (Å²) in [6, 6.07) is 35.6. The van der Waals surface area contributed by atoms with Gasteiger partial charge >= 0.3 is 0 Å². The molecule has 0 spiro atoms. The minimum atomic E-state index is -2.61. The Hall–Kier alpha value is -4.63. The van der Waals surface area contributed by atoms with Crippen molar-refractivity contribution in [2.45, 2.75) is 47.7 Å². The summed E-state index contributed by atoms with van der Waals surface area (Å²) in [4.78, 5) is 8.61. The van der Waals surface area contributed by atoms with Crippen LogP contribution < -0.4 is 0 Å². The van der Waals surface area contributed by atoms with Crippen LogP contribution in [0.2, 0.25) is 0 Å². The molecule has 0 amide bonds. The van der Waals surface area contributed by atoms with E-state index in [-0.39, 0.29) is 36.8 Å². The summed E-state index contributed by atoms with van der Waals surface area (Å²) >= 11 is 0. The van der Waals surface area contributed by atoms with E-state index < -0.39 is 32.3 Å². The van der Waals surface area contributed by atoms with Crippen LogP contribution in [-0.2, 0) is 26.5 Å². The van der Waals surface area contributed by atoms with E-state index in [1.165, 1.54) is 18.3 Å². The Morgan fingerprint density at radius 1 is 0.729 bits per heavy atom. The first-order chi connectivity index (χ1) is 27.0. The number of benzene rings is 5. The van der Waals surface area contributed by atoms with Crippen LogP contribution in [0.4, 0.5) is 0 Å². The molecule has 8 aromatic rings. The summed E-state index contributed by atoms with van der Waals surface area (Å²) in [7, 11) is 0. The van der Waals surface area contributed by atoms with Crippen molar-refractivity contribution >= 4 is 43.5 Å². The second-order valence-corrected chi connectivity index (χ2v) is 12.5. The van der Waals surface area contributed by atoms with Crippen molar-refractivity contribution in [1.82, 2.24) is 9.97 Å². The molecule has 0 aliphatic heterocycles. The monoisotopic (exact) mass is 814 g/mol. The molecule has 0 atom stereocenters. The summed E-state index contributed by atoms with van der Waals surface area (Å²) in [6.45, 7) is -1.79. The van der Waals surface area contributed by atoms with Crippen LogP contribution in [0.15, 0.2) is 114 Å². The molecule has 3 aromatic heterocycles. The van der Waals surface area contributed by atoms with Gasteiger partial charge in [-0.25, -0.2) is 0 Å². The Balaban J connectivity index is 0.000000213. The third-order valence-corrected chi connectivity index (χ3v) is 7.83. The fourth-order valence-corrected chi connectivity index (χ4v) is 5.67. The molecule has 4 heteroatoms. The van der Waals surface area contributed by atoms with Gasteiger partial charge in [0.25, 0.3) is 0 Å². The van der Waals surface area contributed by atoms with E-state index in [9.17, 15) is 0 Å². The number of furan rings is 1. The number of aromatic nitrogens is 2. The summed E-state index contributed by atoms with van der Waals surface area (Å²) in [5, 5.41) is 6.20. The van der Waals surface area contributed by atoms with Crippen molar-refractivity contribution in [3.63, 3.8) is 0 Å². The fourth-order valence-electron chi connectivity index (χ4n) is 5.67. The largest absolute Gasteiger partial charge is 0.501 e. The molecule has 0 unspecified atom stereocenters. The molecule has 0 bridgehead atoms. The number of rotatable bonds is 3. The zero-order valence-corrected chi connectivity index (χ0v) is 28.9. The van der Waals surface area contributed by atoms with Gasteiger partial charge in [-0.3, -0.25) is 0 Å².